The molecule has 2 heterocycles. The molecule has 14 nitrogen and oxygen atoms in total. The Balaban J connectivity index is 1.54. The number of carbonyl (C=O) groups is 4. The molecule has 2 aromatic rings. The summed E-state index contributed by atoms with van der Waals surface area (Å²) in [6, 6.07) is 11.8. The first-order valence-electron chi connectivity index (χ1n) is 18.4. The Morgan fingerprint density at radius 1 is 0.906 bits per heavy atom. The van der Waals surface area contributed by atoms with Gasteiger partial charge in [-0.1, -0.05) is 77.9 Å². The molecule has 0 unspecified atom stereocenters. The number of nitrogens with one attached hydrogen (secondary N) is 3. The number of pyridine rings is 1. The van der Waals surface area contributed by atoms with Gasteiger partial charge in [0.25, 0.3) is 5.91 Å². The van der Waals surface area contributed by atoms with Crippen LogP contribution in [0.3, 0.4) is 0 Å². The van der Waals surface area contributed by atoms with Gasteiger partial charge < -0.3 is 35.8 Å². The van der Waals surface area contributed by atoms with Crippen molar-refractivity contribution in [2.45, 2.75) is 111 Å². The van der Waals surface area contributed by atoms with Crippen molar-refractivity contribution in [3.63, 3.8) is 0 Å². The molecule has 292 valence electrons. The molecule has 14 heteroatoms. The highest BCUT2D eigenvalue weighted by Gasteiger charge is 2.45. The molecule has 1 aromatic heterocycles. The standard InChI is InChI=1S/C39H59N7O7/c1-37(2,3)31(42-35(50)51)33(48)43-45(22-26-17-18-26)24-29(47)28(21-25-13-10-9-11-14-25)41-34(49)32(38(4,5)6)46-20-19-44(36(46)52)23-27-15-12-16-30(40-27)39(7,8)53/h9-16,26,28-29,31-32,42,47,53H,17-24H2,1-8H3,(H,41,49)(H,43,48)(H,50,51)/t28-,29-,31+,32+/m0/s1. The summed E-state index contributed by atoms with van der Waals surface area (Å²) in [6.45, 7) is 15.6. The monoisotopic (exact) mass is 737 g/mol. The number of benzene rings is 1. The van der Waals surface area contributed by atoms with Gasteiger partial charge in [-0.25, -0.2) is 14.6 Å². The molecule has 53 heavy (non-hydrogen) atoms. The van der Waals surface area contributed by atoms with Crippen LogP contribution in [0.4, 0.5) is 9.59 Å². The zero-order valence-electron chi connectivity index (χ0n) is 32.4. The van der Waals surface area contributed by atoms with Crippen molar-refractivity contribution in [1.29, 1.82) is 0 Å². The zero-order chi connectivity index (χ0) is 39.3. The summed E-state index contributed by atoms with van der Waals surface area (Å²) in [7, 11) is 0. The van der Waals surface area contributed by atoms with Crippen LogP contribution in [0.15, 0.2) is 48.5 Å². The normalized spacial score (nSPS) is 17.7. The van der Waals surface area contributed by atoms with Gasteiger partial charge in [0.05, 0.1) is 30.1 Å². The Labute approximate surface area is 313 Å². The second kappa shape index (κ2) is 16.8. The molecule has 2 aliphatic rings. The number of urea groups is 1. The second-order valence-corrected chi connectivity index (χ2v) is 17.2. The quantitative estimate of drug-likeness (QED) is 0.140. The molecule has 4 rings (SSSR count). The summed E-state index contributed by atoms with van der Waals surface area (Å²) in [5.41, 5.74) is 2.31. The Kier molecular flexibility index (Phi) is 13.2. The molecule has 1 aromatic carbocycles. The molecule has 0 spiro atoms. The summed E-state index contributed by atoms with van der Waals surface area (Å²) in [5.74, 6) is -0.637. The summed E-state index contributed by atoms with van der Waals surface area (Å²) < 4.78 is 0. The van der Waals surface area contributed by atoms with Gasteiger partial charge in [0.2, 0.25) is 5.91 Å². The van der Waals surface area contributed by atoms with Gasteiger partial charge in [0, 0.05) is 26.2 Å². The fourth-order valence-corrected chi connectivity index (χ4v) is 6.66. The minimum Gasteiger partial charge on any atom is -0.465 e. The molecule has 2 fully saturated rings. The van der Waals surface area contributed by atoms with Crippen molar-refractivity contribution in [2.24, 2.45) is 16.7 Å². The first-order chi connectivity index (χ1) is 24.6. The number of hydrazine groups is 1. The first kappa shape index (κ1) is 41.5. The lowest BCUT2D eigenvalue weighted by molar-refractivity contribution is -0.133. The molecule has 5 amide bonds. The van der Waals surface area contributed by atoms with E-state index in [0.29, 0.717) is 36.9 Å². The molecule has 6 N–H and O–H groups in total. The van der Waals surface area contributed by atoms with Gasteiger partial charge >= 0.3 is 12.1 Å². The highest BCUT2D eigenvalue weighted by molar-refractivity contribution is 5.89. The maximum absolute atomic E-state index is 14.4. The third-order valence-electron chi connectivity index (χ3n) is 9.63. The molecule has 0 bridgehead atoms. The van der Waals surface area contributed by atoms with Crippen molar-refractivity contribution in [3.8, 4) is 0 Å². The molecular weight excluding hydrogens is 678 g/mol. The summed E-state index contributed by atoms with van der Waals surface area (Å²) in [6.07, 6.45) is -0.247. The highest BCUT2D eigenvalue weighted by Crippen LogP contribution is 2.31. The van der Waals surface area contributed by atoms with E-state index < -0.39 is 58.6 Å². The summed E-state index contributed by atoms with van der Waals surface area (Å²) >= 11 is 0. The van der Waals surface area contributed by atoms with Crippen LogP contribution in [-0.4, -0.2) is 109 Å². The van der Waals surface area contributed by atoms with E-state index in [9.17, 15) is 34.5 Å². The summed E-state index contributed by atoms with van der Waals surface area (Å²) in [5, 5.41) is 38.7. The average molecular weight is 738 g/mol. The van der Waals surface area contributed by atoms with Crippen molar-refractivity contribution < 1.29 is 34.5 Å². The van der Waals surface area contributed by atoms with E-state index in [-0.39, 0.29) is 25.5 Å². The van der Waals surface area contributed by atoms with Gasteiger partial charge in [0.1, 0.15) is 17.7 Å². The lowest BCUT2D eigenvalue weighted by Gasteiger charge is -2.38. The number of hydrogen-bond acceptors (Lipinski definition) is 8. The molecule has 1 aliphatic carbocycles. The number of aliphatic hydroxyl groups is 2. The molecule has 1 saturated carbocycles. The number of rotatable bonds is 16. The number of hydrogen-bond donors (Lipinski definition) is 6. The van der Waals surface area contributed by atoms with Crippen LogP contribution in [0.1, 0.15) is 85.2 Å². The second-order valence-electron chi connectivity index (χ2n) is 17.2. The molecule has 0 radical (unpaired) electrons. The van der Waals surface area contributed by atoms with E-state index in [0.717, 1.165) is 18.4 Å². The van der Waals surface area contributed by atoms with Crippen LogP contribution in [0.25, 0.3) is 0 Å². The smallest absolute Gasteiger partial charge is 0.405 e. The number of nitrogens with zero attached hydrogens (tertiary/aromatic N) is 4. The van der Waals surface area contributed by atoms with Crippen LogP contribution in [0.2, 0.25) is 0 Å². The van der Waals surface area contributed by atoms with Gasteiger partial charge in [-0.2, -0.15) is 0 Å². The van der Waals surface area contributed by atoms with Crippen LogP contribution >= 0.6 is 0 Å². The topological polar surface area (TPSA) is 188 Å². The minimum atomic E-state index is -1.32. The highest BCUT2D eigenvalue weighted by atomic mass is 16.4. The molecule has 1 aliphatic heterocycles. The maximum atomic E-state index is 14.4. The number of aromatic nitrogens is 1. The Morgan fingerprint density at radius 3 is 2.13 bits per heavy atom. The third kappa shape index (κ3) is 11.9. The third-order valence-corrected chi connectivity index (χ3v) is 9.63. The molecule has 4 atom stereocenters. The maximum Gasteiger partial charge on any atom is 0.405 e. The molecular formula is C39H59N7O7. The number of carbonyl (C=O) groups excluding carboxylic acids is 3. The van der Waals surface area contributed by atoms with E-state index in [1.54, 1.807) is 67.6 Å². The average Bonchev–Trinajstić information content (AvgIpc) is 3.80. The number of aliphatic hydroxyl groups excluding tert-OH is 1. The van der Waals surface area contributed by atoms with Gasteiger partial charge in [-0.3, -0.25) is 20.0 Å². The van der Waals surface area contributed by atoms with Gasteiger partial charge in [0.15, 0.2) is 0 Å². The lowest BCUT2D eigenvalue weighted by Crippen LogP contribution is -2.61. The predicted molar refractivity (Wildman–Crippen MR) is 200 cm³/mol. The van der Waals surface area contributed by atoms with E-state index >= 15 is 0 Å². The Morgan fingerprint density at radius 2 is 1.57 bits per heavy atom. The van der Waals surface area contributed by atoms with E-state index in [2.05, 4.69) is 21.0 Å². The largest absolute Gasteiger partial charge is 0.465 e. The van der Waals surface area contributed by atoms with Crippen LogP contribution in [0.5, 0.6) is 0 Å². The zero-order valence-corrected chi connectivity index (χ0v) is 32.4. The first-order valence-corrected chi connectivity index (χ1v) is 18.4. The van der Waals surface area contributed by atoms with E-state index in [1.165, 1.54) is 0 Å². The van der Waals surface area contributed by atoms with Crippen molar-refractivity contribution in [3.05, 3.63) is 65.5 Å². The fourth-order valence-electron chi connectivity index (χ4n) is 6.66. The van der Waals surface area contributed by atoms with Gasteiger partial charge in [-0.15, -0.1) is 0 Å². The van der Waals surface area contributed by atoms with Crippen molar-refractivity contribution in [2.75, 3.05) is 26.2 Å². The van der Waals surface area contributed by atoms with Gasteiger partial charge in [-0.05, 0) is 67.6 Å². The van der Waals surface area contributed by atoms with E-state index in [1.807, 2.05) is 51.1 Å². The summed E-state index contributed by atoms with van der Waals surface area (Å²) in [4.78, 5) is 61.0. The predicted octanol–water partition coefficient (Wildman–Crippen LogP) is 3.48. The number of amides is 5. The lowest BCUT2D eigenvalue weighted by atomic mass is 9.84. The van der Waals surface area contributed by atoms with E-state index in [4.69, 9.17) is 0 Å². The Bertz CT molecular complexity index is 1580. The fraction of sp³-hybridized carbons (Fsp3) is 0.615. The van der Waals surface area contributed by atoms with Crippen LogP contribution in [0, 0.1) is 16.7 Å². The number of carboxylic acid groups (broad SMARTS) is 1. The minimum absolute atomic E-state index is 0.0305. The van der Waals surface area contributed by atoms with Crippen molar-refractivity contribution in [1.82, 2.24) is 35.9 Å². The molecule has 1 saturated heterocycles. The van der Waals surface area contributed by atoms with Crippen LogP contribution in [-0.2, 0) is 28.2 Å². The Hall–Kier alpha value is -4.27. The van der Waals surface area contributed by atoms with Crippen LogP contribution < -0.4 is 16.1 Å². The van der Waals surface area contributed by atoms with Crippen molar-refractivity contribution >= 4 is 23.9 Å². The SMILES string of the molecule is CC(C)(O)c1cccc(CN2CCN([C@H](C(=O)N[C@@H](Cc3ccccc3)[C@@H](O)CN(CC3CC3)NC(=O)[C@@H](NC(=O)O)C(C)(C)C)C(C)(C)C)C2=O)n1.